The molecule has 0 aromatic carbocycles. The predicted octanol–water partition coefficient (Wildman–Crippen LogP) is 2.37. The van der Waals surface area contributed by atoms with Crippen LogP contribution in [0.15, 0.2) is 30.2 Å². The van der Waals surface area contributed by atoms with Crippen LogP contribution in [-0.4, -0.2) is 5.97 Å². The number of hydrogen-bond acceptors (Lipinski definition) is 3. The highest BCUT2D eigenvalue weighted by molar-refractivity contribution is 7.09. The van der Waals surface area contributed by atoms with Crippen LogP contribution in [0.2, 0.25) is 0 Å². The summed E-state index contributed by atoms with van der Waals surface area (Å²) in [5, 5.41) is 1.96. The maximum Gasteiger partial charge on any atom is 0.309 e. The molecule has 0 aliphatic carbocycles. The minimum atomic E-state index is -0.224. The van der Waals surface area contributed by atoms with E-state index in [-0.39, 0.29) is 12.4 Å². The van der Waals surface area contributed by atoms with Gasteiger partial charge in [-0.25, -0.2) is 0 Å². The zero-order valence-corrected chi connectivity index (χ0v) is 7.47. The summed E-state index contributed by atoms with van der Waals surface area (Å²) in [5.74, 6) is -0.224. The Morgan fingerprint density at radius 2 is 2.58 bits per heavy atom. The number of ether oxygens (including phenoxy) is 1. The Morgan fingerprint density at radius 1 is 1.75 bits per heavy atom. The van der Waals surface area contributed by atoms with Crippen molar-refractivity contribution in [2.45, 2.75) is 13.0 Å². The van der Waals surface area contributed by atoms with Crippen molar-refractivity contribution in [1.82, 2.24) is 0 Å². The summed E-state index contributed by atoms with van der Waals surface area (Å²) in [5.41, 5.74) is 0. The zero-order chi connectivity index (χ0) is 8.81. The molecule has 0 N–H and O–H groups in total. The Balaban J connectivity index is 2.26. The van der Waals surface area contributed by atoms with Gasteiger partial charge in [-0.1, -0.05) is 12.1 Å². The molecule has 1 aromatic rings. The third-order valence-corrected chi connectivity index (χ3v) is 2.12. The molecule has 0 aliphatic rings. The molecule has 0 fully saturated rings. The smallest absolute Gasteiger partial charge is 0.309 e. The van der Waals surface area contributed by atoms with Gasteiger partial charge in [0.2, 0.25) is 0 Å². The number of thiophene rings is 1. The molecular weight excluding hydrogens is 172 g/mol. The second kappa shape index (κ2) is 4.72. The molecule has 12 heavy (non-hydrogen) atoms. The molecule has 0 bridgehead atoms. The lowest BCUT2D eigenvalue weighted by Gasteiger charge is -1.99. The van der Waals surface area contributed by atoms with E-state index in [1.54, 1.807) is 11.3 Å². The van der Waals surface area contributed by atoms with Gasteiger partial charge in [-0.05, 0) is 11.4 Å². The molecule has 0 aliphatic heterocycles. The third kappa shape index (κ3) is 2.88. The Labute approximate surface area is 75.5 Å². The summed E-state index contributed by atoms with van der Waals surface area (Å²) in [6, 6.07) is 3.87. The molecule has 2 nitrogen and oxygen atoms in total. The molecule has 0 saturated heterocycles. The van der Waals surface area contributed by atoms with Crippen LogP contribution in [0.1, 0.15) is 11.3 Å². The summed E-state index contributed by atoms with van der Waals surface area (Å²) in [6.45, 7) is 3.83. The van der Waals surface area contributed by atoms with E-state index in [4.69, 9.17) is 4.74 Å². The first-order chi connectivity index (χ1) is 5.83. The number of esters is 1. The van der Waals surface area contributed by atoms with E-state index in [9.17, 15) is 4.79 Å². The van der Waals surface area contributed by atoms with E-state index >= 15 is 0 Å². The van der Waals surface area contributed by atoms with Crippen LogP contribution in [0.25, 0.3) is 0 Å². The minimum Gasteiger partial charge on any atom is -0.460 e. The van der Waals surface area contributed by atoms with Gasteiger partial charge in [0.25, 0.3) is 0 Å². The molecule has 64 valence electrons. The standard InChI is InChI=1S/C9H10O2S/c1-2-4-9(10)11-7-8-5-3-6-12-8/h2-3,5-6H,1,4,7H2. The Morgan fingerprint density at radius 3 is 3.17 bits per heavy atom. The van der Waals surface area contributed by atoms with Crippen molar-refractivity contribution in [3.63, 3.8) is 0 Å². The van der Waals surface area contributed by atoms with Crippen LogP contribution in [0.3, 0.4) is 0 Å². The van der Waals surface area contributed by atoms with Gasteiger partial charge in [-0.3, -0.25) is 4.79 Å². The fourth-order valence-corrected chi connectivity index (χ4v) is 1.34. The summed E-state index contributed by atoms with van der Waals surface area (Å²) < 4.78 is 4.93. The van der Waals surface area contributed by atoms with Crippen LogP contribution in [0, 0.1) is 0 Å². The van der Waals surface area contributed by atoms with Gasteiger partial charge >= 0.3 is 5.97 Å². The maximum absolute atomic E-state index is 10.8. The molecule has 0 unspecified atom stereocenters. The first kappa shape index (κ1) is 9.00. The van der Waals surface area contributed by atoms with Gasteiger partial charge in [0.1, 0.15) is 6.61 Å². The summed E-state index contributed by atoms with van der Waals surface area (Å²) in [6.07, 6.45) is 1.82. The average Bonchev–Trinajstić information content (AvgIpc) is 2.53. The van der Waals surface area contributed by atoms with Gasteiger partial charge in [0.05, 0.1) is 6.42 Å². The molecule has 0 radical (unpaired) electrons. The minimum absolute atomic E-state index is 0.224. The molecule has 3 heteroatoms. The lowest BCUT2D eigenvalue weighted by molar-refractivity contribution is -0.143. The van der Waals surface area contributed by atoms with Gasteiger partial charge < -0.3 is 4.74 Å². The van der Waals surface area contributed by atoms with Crippen LogP contribution in [0.5, 0.6) is 0 Å². The number of carbonyl (C=O) groups excluding carboxylic acids is 1. The van der Waals surface area contributed by atoms with Crippen LogP contribution in [0.4, 0.5) is 0 Å². The molecule has 1 aromatic heterocycles. The first-order valence-corrected chi connectivity index (χ1v) is 4.50. The SMILES string of the molecule is C=CCC(=O)OCc1cccs1. The summed E-state index contributed by atoms with van der Waals surface area (Å²) >= 11 is 1.58. The fraction of sp³-hybridized carbons (Fsp3) is 0.222. The van der Waals surface area contributed by atoms with Gasteiger partial charge in [0.15, 0.2) is 0 Å². The number of carbonyl (C=O) groups is 1. The summed E-state index contributed by atoms with van der Waals surface area (Å²) in [7, 11) is 0. The zero-order valence-electron chi connectivity index (χ0n) is 6.66. The quantitative estimate of drug-likeness (QED) is 0.528. The Kier molecular flexibility index (Phi) is 3.54. The molecule has 0 atom stereocenters. The van der Waals surface area contributed by atoms with Crippen LogP contribution < -0.4 is 0 Å². The monoisotopic (exact) mass is 182 g/mol. The fourth-order valence-electron chi connectivity index (χ4n) is 0.723. The predicted molar refractivity (Wildman–Crippen MR) is 48.9 cm³/mol. The normalized spacial score (nSPS) is 9.33. The maximum atomic E-state index is 10.8. The van der Waals surface area contributed by atoms with Crippen molar-refractivity contribution < 1.29 is 9.53 Å². The molecule has 1 heterocycles. The van der Waals surface area contributed by atoms with E-state index in [0.29, 0.717) is 6.61 Å². The molecule has 0 amide bonds. The average molecular weight is 182 g/mol. The highest BCUT2D eigenvalue weighted by atomic mass is 32.1. The van der Waals surface area contributed by atoms with Crippen molar-refractivity contribution in [3.05, 3.63) is 35.0 Å². The molecular formula is C9H10O2S. The lowest BCUT2D eigenvalue weighted by Crippen LogP contribution is -2.01. The highest BCUT2D eigenvalue weighted by Crippen LogP contribution is 2.09. The molecule has 1 rings (SSSR count). The van der Waals surface area contributed by atoms with Crippen LogP contribution in [-0.2, 0) is 16.1 Å². The number of hydrogen-bond donors (Lipinski definition) is 0. The second-order valence-corrected chi connectivity index (χ2v) is 3.27. The van der Waals surface area contributed by atoms with E-state index in [1.165, 1.54) is 6.08 Å². The Bertz CT molecular complexity index is 252. The lowest BCUT2D eigenvalue weighted by atomic mass is 10.4. The van der Waals surface area contributed by atoms with Crippen LogP contribution >= 0.6 is 11.3 Å². The molecule has 0 spiro atoms. The largest absolute Gasteiger partial charge is 0.460 e. The highest BCUT2D eigenvalue weighted by Gasteiger charge is 1.99. The summed E-state index contributed by atoms with van der Waals surface area (Å²) in [4.78, 5) is 11.9. The first-order valence-electron chi connectivity index (χ1n) is 3.62. The third-order valence-electron chi connectivity index (χ3n) is 1.27. The van der Waals surface area contributed by atoms with Crippen molar-refractivity contribution in [2.24, 2.45) is 0 Å². The Hall–Kier alpha value is -1.09. The van der Waals surface area contributed by atoms with Crippen molar-refractivity contribution in [1.29, 1.82) is 0 Å². The van der Waals surface area contributed by atoms with Gasteiger partial charge in [-0.2, -0.15) is 0 Å². The van der Waals surface area contributed by atoms with E-state index in [1.807, 2.05) is 17.5 Å². The van der Waals surface area contributed by atoms with E-state index in [2.05, 4.69) is 6.58 Å². The van der Waals surface area contributed by atoms with Crippen molar-refractivity contribution in [2.75, 3.05) is 0 Å². The van der Waals surface area contributed by atoms with E-state index in [0.717, 1.165) is 4.88 Å². The number of rotatable bonds is 4. The van der Waals surface area contributed by atoms with Gasteiger partial charge in [-0.15, -0.1) is 17.9 Å². The molecule has 0 saturated carbocycles. The van der Waals surface area contributed by atoms with Gasteiger partial charge in [0, 0.05) is 4.88 Å². The van der Waals surface area contributed by atoms with Crippen molar-refractivity contribution >= 4 is 17.3 Å². The second-order valence-electron chi connectivity index (χ2n) is 2.23. The van der Waals surface area contributed by atoms with E-state index < -0.39 is 0 Å². The topological polar surface area (TPSA) is 26.3 Å². The van der Waals surface area contributed by atoms with Crippen molar-refractivity contribution in [3.8, 4) is 0 Å².